The number of fused-ring (bicyclic) bond motifs is 1. The van der Waals surface area contributed by atoms with Gasteiger partial charge in [-0.15, -0.1) is 0 Å². The molecule has 27 heavy (non-hydrogen) atoms. The SMILES string of the molecule is C=C(C(=O)OCC(=O)OCOC1C2CC3CC(C2)C(=O)OC1C3)C(F)(F)F. The minimum atomic E-state index is -4.93. The molecule has 0 aromatic heterocycles. The Balaban J connectivity index is 1.42. The van der Waals surface area contributed by atoms with Crippen LogP contribution in [0.3, 0.4) is 0 Å². The molecule has 0 aromatic carbocycles. The van der Waals surface area contributed by atoms with Gasteiger partial charge in [-0.1, -0.05) is 6.58 Å². The molecular formula is C17H19F3O7. The molecule has 0 spiro atoms. The average molecular weight is 392 g/mol. The molecular weight excluding hydrogens is 373 g/mol. The topological polar surface area (TPSA) is 88.1 Å². The van der Waals surface area contributed by atoms with Gasteiger partial charge in [0.2, 0.25) is 0 Å². The van der Waals surface area contributed by atoms with E-state index >= 15 is 0 Å². The van der Waals surface area contributed by atoms with Gasteiger partial charge in [0, 0.05) is 0 Å². The quantitative estimate of drug-likeness (QED) is 0.295. The van der Waals surface area contributed by atoms with Gasteiger partial charge in [0.25, 0.3) is 0 Å². The molecule has 2 aliphatic carbocycles. The van der Waals surface area contributed by atoms with E-state index in [9.17, 15) is 27.6 Å². The minimum absolute atomic E-state index is 0.115. The first-order chi connectivity index (χ1) is 12.6. The first kappa shape index (κ1) is 19.7. The van der Waals surface area contributed by atoms with E-state index in [-0.39, 0.29) is 23.9 Å². The van der Waals surface area contributed by atoms with Gasteiger partial charge in [-0.25, -0.2) is 9.59 Å². The van der Waals surface area contributed by atoms with E-state index in [0.29, 0.717) is 18.8 Å². The molecule has 0 N–H and O–H groups in total. The van der Waals surface area contributed by atoms with E-state index in [2.05, 4.69) is 11.3 Å². The molecule has 2 aliphatic heterocycles. The Bertz CT molecular complexity index is 645. The number of hydrogen-bond acceptors (Lipinski definition) is 7. The number of carbonyl (C=O) groups excluding carboxylic acids is 3. The first-order valence-corrected chi connectivity index (χ1v) is 8.56. The number of hydrogen-bond donors (Lipinski definition) is 0. The molecule has 10 heteroatoms. The van der Waals surface area contributed by atoms with Crippen molar-refractivity contribution in [1.82, 2.24) is 0 Å². The second-order valence-electron chi connectivity index (χ2n) is 7.06. The Kier molecular flexibility index (Phi) is 5.45. The van der Waals surface area contributed by atoms with Crippen molar-refractivity contribution in [2.24, 2.45) is 17.8 Å². The number of carbonyl (C=O) groups is 3. The fourth-order valence-electron chi connectivity index (χ4n) is 4.06. The Morgan fingerprint density at radius 3 is 2.59 bits per heavy atom. The summed E-state index contributed by atoms with van der Waals surface area (Å²) in [6.45, 7) is 1.10. The molecule has 0 radical (unpaired) electrons. The molecule has 7 nitrogen and oxygen atoms in total. The standard InChI is InChI=1S/C17H19F3O7/c1-8(17(18,19)20)15(22)24-6-13(21)25-7-26-14-10-2-9-3-11(5-10)16(23)27-12(14)4-9/h9-12,14H,1-7H2. The summed E-state index contributed by atoms with van der Waals surface area (Å²) in [7, 11) is 0. The third-order valence-electron chi connectivity index (χ3n) is 5.23. The number of halogens is 3. The molecule has 5 atom stereocenters. The van der Waals surface area contributed by atoms with Crippen molar-refractivity contribution in [1.29, 1.82) is 0 Å². The van der Waals surface area contributed by atoms with E-state index in [0.717, 1.165) is 12.8 Å². The van der Waals surface area contributed by atoms with E-state index in [1.807, 2.05) is 0 Å². The fraction of sp³-hybridized carbons (Fsp3) is 0.706. The summed E-state index contributed by atoms with van der Waals surface area (Å²) in [5.74, 6) is -2.58. The lowest BCUT2D eigenvalue weighted by Gasteiger charge is -2.41. The van der Waals surface area contributed by atoms with Crippen LogP contribution in [0.15, 0.2) is 12.2 Å². The zero-order valence-corrected chi connectivity index (χ0v) is 14.3. The van der Waals surface area contributed by atoms with E-state index < -0.39 is 43.2 Å². The van der Waals surface area contributed by atoms with Crippen molar-refractivity contribution < 1.29 is 46.5 Å². The van der Waals surface area contributed by atoms with Crippen molar-refractivity contribution in [3.05, 3.63) is 12.2 Å². The predicted molar refractivity (Wildman–Crippen MR) is 80.8 cm³/mol. The third kappa shape index (κ3) is 4.42. The summed E-state index contributed by atoms with van der Waals surface area (Å²) in [4.78, 5) is 34.6. The molecule has 4 rings (SSSR count). The largest absolute Gasteiger partial charge is 0.459 e. The Morgan fingerprint density at radius 1 is 1.15 bits per heavy atom. The third-order valence-corrected chi connectivity index (χ3v) is 5.23. The van der Waals surface area contributed by atoms with Gasteiger partial charge >= 0.3 is 24.1 Å². The highest BCUT2D eigenvalue weighted by Crippen LogP contribution is 2.48. The number of ether oxygens (including phenoxy) is 4. The maximum absolute atomic E-state index is 12.3. The molecule has 0 aromatic rings. The molecule has 2 saturated carbocycles. The number of rotatable bonds is 6. The second kappa shape index (κ2) is 7.49. The van der Waals surface area contributed by atoms with E-state index in [1.165, 1.54) is 0 Å². The summed E-state index contributed by atoms with van der Waals surface area (Å²) in [5.41, 5.74) is -1.71. The maximum Gasteiger partial charge on any atom is 0.422 e. The summed E-state index contributed by atoms with van der Waals surface area (Å²) >= 11 is 0. The maximum atomic E-state index is 12.3. The van der Waals surface area contributed by atoms with Gasteiger partial charge in [-0.05, 0) is 37.5 Å². The van der Waals surface area contributed by atoms with Crippen LogP contribution < -0.4 is 0 Å². The van der Waals surface area contributed by atoms with Gasteiger partial charge in [-0.3, -0.25) is 4.79 Å². The smallest absolute Gasteiger partial charge is 0.422 e. The minimum Gasteiger partial charge on any atom is -0.459 e. The summed E-state index contributed by atoms with van der Waals surface area (Å²) in [6, 6.07) is 0. The normalized spacial score (nSPS) is 31.8. The Hall–Kier alpha value is -2.10. The molecule has 4 aliphatic rings. The van der Waals surface area contributed by atoms with Crippen LogP contribution >= 0.6 is 0 Å². The van der Waals surface area contributed by atoms with Gasteiger partial charge in [0.15, 0.2) is 13.4 Å². The second-order valence-corrected chi connectivity index (χ2v) is 7.06. The number of alkyl halides is 3. The van der Waals surface area contributed by atoms with Crippen molar-refractivity contribution in [3.8, 4) is 0 Å². The van der Waals surface area contributed by atoms with Gasteiger partial charge < -0.3 is 18.9 Å². The van der Waals surface area contributed by atoms with Gasteiger partial charge in [0.05, 0.1) is 5.92 Å². The lowest BCUT2D eigenvalue weighted by Crippen LogP contribution is -2.44. The van der Waals surface area contributed by atoms with Crippen LogP contribution in [0.2, 0.25) is 0 Å². The Labute approximate surface area is 152 Å². The highest BCUT2D eigenvalue weighted by atomic mass is 19.4. The monoisotopic (exact) mass is 392 g/mol. The summed E-state index contributed by atoms with van der Waals surface area (Å²) < 4.78 is 56.8. The van der Waals surface area contributed by atoms with Crippen LogP contribution in [0, 0.1) is 17.8 Å². The average Bonchev–Trinajstić information content (AvgIpc) is 2.75. The molecule has 2 heterocycles. The zero-order valence-electron chi connectivity index (χ0n) is 14.3. The highest BCUT2D eigenvalue weighted by molar-refractivity contribution is 5.90. The fourth-order valence-corrected chi connectivity index (χ4v) is 4.06. The lowest BCUT2D eigenvalue weighted by atomic mass is 9.67. The van der Waals surface area contributed by atoms with Crippen molar-refractivity contribution >= 4 is 17.9 Å². The van der Waals surface area contributed by atoms with Crippen LogP contribution in [0.25, 0.3) is 0 Å². The predicted octanol–water partition coefficient (Wildman–Crippen LogP) is 1.90. The summed E-state index contributed by atoms with van der Waals surface area (Å²) in [6.07, 6.45) is -2.59. The number of esters is 3. The lowest BCUT2D eigenvalue weighted by molar-refractivity contribution is -0.188. The molecule has 2 saturated heterocycles. The highest BCUT2D eigenvalue weighted by Gasteiger charge is 2.50. The Morgan fingerprint density at radius 2 is 1.89 bits per heavy atom. The zero-order chi connectivity index (χ0) is 19.8. The molecule has 4 fully saturated rings. The van der Waals surface area contributed by atoms with Crippen molar-refractivity contribution in [3.63, 3.8) is 0 Å². The van der Waals surface area contributed by atoms with E-state index in [4.69, 9.17) is 14.2 Å². The van der Waals surface area contributed by atoms with Crippen LogP contribution in [0.5, 0.6) is 0 Å². The summed E-state index contributed by atoms with van der Waals surface area (Å²) in [5, 5.41) is 0. The van der Waals surface area contributed by atoms with Crippen LogP contribution in [-0.4, -0.2) is 49.7 Å². The molecule has 5 unspecified atom stereocenters. The van der Waals surface area contributed by atoms with Crippen molar-refractivity contribution in [2.75, 3.05) is 13.4 Å². The van der Waals surface area contributed by atoms with Crippen LogP contribution in [0.1, 0.15) is 25.7 Å². The van der Waals surface area contributed by atoms with Gasteiger partial charge in [-0.2, -0.15) is 13.2 Å². The van der Waals surface area contributed by atoms with Crippen LogP contribution in [0.4, 0.5) is 13.2 Å². The van der Waals surface area contributed by atoms with Crippen LogP contribution in [-0.2, 0) is 33.3 Å². The molecule has 0 amide bonds. The molecule has 4 bridgehead atoms. The molecule has 150 valence electrons. The van der Waals surface area contributed by atoms with Crippen molar-refractivity contribution in [2.45, 2.75) is 44.1 Å². The van der Waals surface area contributed by atoms with Gasteiger partial charge in [0.1, 0.15) is 17.8 Å². The first-order valence-electron chi connectivity index (χ1n) is 8.56. The van der Waals surface area contributed by atoms with E-state index in [1.54, 1.807) is 0 Å².